The van der Waals surface area contributed by atoms with Gasteiger partial charge in [0.2, 0.25) is 0 Å². The van der Waals surface area contributed by atoms with E-state index in [9.17, 15) is 4.79 Å². The lowest BCUT2D eigenvalue weighted by Gasteiger charge is -2.07. The molecular weight excluding hydrogens is 308 g/mol. The molecule has 114 valence electrons. The number of thiophene rings is 1. The Kier molecular flexibility index (Phi) is 6.07. The van der Waals surface area contributed by atoms with Crippen LogP contribution in [0.5, 0.6) is 0 Å². The fourth-order valence-corrected chi connectivity index (χ4v) is 3.05. The van der Waals surface area contributed by atoms with E-state index in [-0.39, 0.29) is 6.03 Å². The summed E-state index contributed by atoms with van der Waals surface area (Å²) in [7, 11) is 1.85. The van der Waals surface area contributed by atoms with Gasteiger partial charge in [-0.05, 0) is 37.5 Å². The highest BCUT2D eigenvalue weighted by molar-refractivity contribution is 7.16. The van der Waals surface area contributed by atoms with Gasteiger partial charge < -0.3 is 10.6 Å². The Hall–Kier alpha value is -1.53. The topological polar surface area (TPSA) is 59.0 Å². The minimum atomic E-state index is -0.143. The Morgan fingerprint density at radius 1 is 1.33 bits per heavy atom. The number of hydrogen-bond acceptors (Lipinski definition) is 3. The Bertz CT molecular complexity index is 581. The van der Waals surface area contributed by atoms with Crippen LogP contribution in [-0.4, -0.2) is 22.4 Å². The number of urea groups is 1. The van der Waals surface area contributed by atoms with Crippen LogP contribution in [0.3, 0.4) is 0 Å². The molecule has 2 heterocycles. The van der Waals surface area contributed by atoms with Crippen molar-refractivity contribution in [3.63, 3.8) is 0 Å². The zero-order chi connectivity index (χ0) is 15.1. The highest BCUT2D eigenvalue weighted by atomic mass is 35.5. The maximum absolute atomic E-state index is 11.6. The molecule has 7 heteroatoms. The number of unbranched alkanes of at least 4 members (excludes halogenated alkanes) is 1. The molecule has 0 bridgehead atoms. The maximum Gasteiger partial charge on any atom is 0.315 e. The lowest BCUT2D eigenvalue weighted by Crippen LogP contribution is -2.36. The molecule has 5 nitrogen and oxygen atoms in total. The van der Waals surface area contributed by atoms with Gasteiger partial charge in [0.1, 0.15) is 0 Å². The molecule has 0 radical (unpaired) electrons. The molecule has 0 atom stereocenters. The second kappa shape index (κ2) is 8.05. The average molecular weight is 327 g/mol. The molecule has 0 fully saturated rings. The summed E-state index contributed by atoms with van der Waals surface area (Å²) < 4.78 is 2.57. The summed E-state index contributed by atoms with van der Waals surface area (Å²) in [6, 6.07) is 5.72. The van der Waals surface area contributed by atoms with Crippen molar-refractivity contribution in [3.8, 4) is 0 Å². The van der Waals surface area contributed by atoms with Crippen LogP contribution in [-0.2, 0) is 20.0 Å². The molecule has 2 aromatic heterocycles. The zero-order valence-electron chi connectivity index (χ0n) is 11.9. The molecule has 2 aromatic rings. The van der Waals surface area contributed by atoms with Crippen molar-refractivity contribution in [1.29, 1.82) is 0 Å². The minimum Gasteiger partial charge on any atom is -0.338 e. The molecule has 0 aliphatic carbocycles. The van der Waals surface area contributed by atoms with Crippen LogP contribution in [0, 0.1) is 0 Å². The third-order valence-corrected chi connectivity index (χ3v) is 4.41. The number of nitrogens with zero attached hydrogens (tertiary/aromatic N) is 2. The van der Waals surface area contributed by atoms with E-state index in [2.05, 4.69) is 21.8 Å². The van der Waals surface area contributed by atoms with Crippen LogP contribution in [0.15, 0.2) is 24.4 Å². The van der Waals surface area contributed by atoms with E-state index in [4.69, 9.17) is 11.6 Å². The highest BCUT2D eigenvalue weighted by Crippen LogP contribution is 2.22. The van der Waals surface area contributed by atoms with Crippen molar-refractivity contribution in [2.24, 2.45) is 7.05 Å². The van der Waals surface area contributed by atoms with Crippen LogP contribution in [0.4, 0.5) is 4.79 Å². The summed E-state index contributed by atoms with van der Waals surface area (Å²) in [6.07, 6.45) is 4.72. The van der Waals surface area contributed by atoms with Crippen molar-refractivity contribution >= 4 is 29.0 Å². The number of carbonyl (C=O) groups excluding carboxylic acids is 1. The number of amides is 2. The Labute approximate surface area is 133 Å². The summed E-state index contributed by atoms with van der Waals surface area (Å²) >= 11 is 7.49. The van der Waals surface area contributed by atoms with Gasteiger partial charge >= 0.3 is 6.03 Å². The fraction of sp³-hybridized carbons (Fsp3) is 0.429. The van der Waals surface area contributed by atoms with E-state index < -0.39 is 0 Å². The van der Waals surface area contributed by atoms with Crippen molar-refractivity contribution in [3.05, 3.63) is 39.3 Å². The summed E-state index contributed by atoms with van der Waals surface area (Å²) in [5.41, 5.74) is 0.972. The third-order valence-electron chi connectivity index (χ3n) is 3.12. The SMILES string of the molecule is Cn1nccc1CNC(=O)NCCCCc1ccc(Cl)s1. The smallest absolute Gasteiger partial charge is 0.315 e. The summed E-state index contributed by atoms with van der Waals surface area (Å²) in [5.74, 6) is 0. The maximum atomic E-state index is 11.6. The molecule has 2 amide bonds. The molecule has 0 aromatic carbocycles. The molecular formula is C14H19ClN4OS. The second-order valence-electron chi connectivity index (χ2n) is 4.72. The molecule has 0 saturated heterocycles. The number of carbonyl (C=O) groups is 1. The van der Waals surface area contributed by atoms with Crippen LogP contribution >= 0.6 is 22.9 Å². The number of hydrogen-bond donors (Lipinski definition) is 2. The number of aryl methyl sites for hydroxylation is 2. The molecule has 2 rings (SSSR count). The first-order valence-corrected chi connectivity index (χ1v) is 8.07. The lowest BCUT2D eigenvalue weighted by atomic mass is 10.2. The fourth-order valence-electron chi connectivity index (χ4n) is 1.92. The van der Waals surface area contributed by atoms with Gasteiger partial charge in [-0.3, -0.25) is 4.68 Å². The number of nitrogens with one attached hydrogen (secondary N) is 2. The molecule has 2 N–H and O–H groups in total. The molecule has 0 aliphatic heterocycles. The first kappa shape index (κ1) is 15.9. The Morgan fingerprint density at radius 2 is 2.19 bits per heavy atom. The highest BCUT2D eigenvalue weighted by Gasteiger charge is 2.03. The van der Waals surface area contributed by atoms with Crippen LogP contribution < -0.4 is 10.6 Å². The van der Waals surface area contributed by atoms with Gasteiger partial charge in [-0.2, -0.15) is 5.10 Å². The molecule has 0 unspecified atom stereocenters. The van der Waals surface area contributed by atoms with E-state index in [1.807, 2.05) is 19.2 Å². The van der Waals surface area contributed by atoms with E-state index >= 15 is 0 Å². The Morgan fingerprint density at radius 3 is 2.86 bits per heavy atom. The van der Waals surface area contributed by atoms with E-state index in [0.717, 1.165) is 29.3 Å². The third kappa shape index (κ3) is 5.40. The molecule has 0 aliphatic rings. The Balaban J connectivity index is 1.54. The van der Waals surface area contributed by atoms with Crippen molar-refractivity contribution in [2.75, 3.05) is 6.54 Å². The quantitative estimate of drug-likeness (QED) is 0.768. The van der Waals surface area contributed by atoms with E-state index in [1.54, 1.807) is 22.2 Å². The van der Waals surface area contributed by atoms with Crippen molar-refractivity contribution in [2.45, 2.75) is 25.8 Å². The van der Waals surface area contributed by atoms with E-state index in [1.165, 1.54) is 4.88 Å². The average Bonchev–Trinajstić information content (AvgIpc) is 3.05. The van der Waals surface area contributed by atoms with Crippen molar-refractivity contribution < 1.29 is 4.79 Å². The van der Waals surface area contributed by atoms with Crippen LogP contribution in [0.2, 0.25) is 4.34 Å². The predicted octanol–water partition coefficient (Wildman–Crippen LogP) is 2.96. The molecule has 0 spiro atoms. The summed E-state index contributed by atoms with van der Waals surface area (Å²) in [6.45, 7) is 1.16. The van der Waals surface area contributed by atoms with Gasteiger partial charge in [0.05, 0.1) is 16.6 Å². The monoisotopic (exact) mass is 326 g/mol. The molecule has 0 saturated carbocycles. The lowest BCUT2D eigenvalue weighted by molar-refractivity contribution is 0.240. The predicted molar refractivity (Wildman–Crippen MR) is 85.7 cm³/mol. The summed E-state index contributed by atoms with van der Waals surface area (Å²) in [5, 5.41) is 9.71. The van der Waals surface area contributed by atoms with Gasteiger partial charge in [0.25, 0.3) is 0 Å². The first-order valence-electron chi connectivity index (χ1n) is 6.88. The standard InChI is InChI=1S/C14H19ClN4OS/c1-19-11(7-9-18-19)10-17-14(20)16-8-3-2-4-12-5-6-13(15)21-12/h5-7,9H,2-4,8,10H2,1H3,(H2,16,17,20). The number of rotatable bonds is 7. The number of halogens is 1. The number of aromatic nitrogens is 2. The second-order valence-corrected chi connectivity index (χ2v) is 6.52. The van der Waals surface area contributed by atoms with Crippen molar-refractivity contribution in [1.82, 2.24) is 20.4 Å². The summed E-state index contributed by atoms with van der Waals surface area (Å²) in [4.78, 5) is 12.9. The van der Waals surface area contributed by atoms with Gasteiger partial charge in [0, 0.05) is 24.7 Å². The van der Waals surface area contributed by atoms with Gasteiger partial charge in [-0.15, -0.1) is 11.3 Å². The zero-order valence-corrected chi connectivity index (χ0v) is 13.5. The van der Waals surface area contributed by atoms with Crippen LogP contribution in [0.25, 0.3) is 0 Å². The largest absolute Gasteiger partial charge is 0.338 e. The van der Waals surface area contributed by atoms with Gasteiger partial charge in [0.15, 0.2) is 0 Å². The normalized spacial score (nSPS) is 10.6. The first-order chi connectivity index (χ1) is 10.1. The van der Waals surface area contributed by atoms with Crippen LogP contribution in [0.1, 0.15) is 23.4 Å². The van der Waals surface area contributed by atoms with Gasteiger partial charge in [-0.25, -0.2) is 4.79 Å². The van der Waals surface area contributed by atoms with E-state index in [0.29, 0.717) is 13.1 Å². The van der Waals surface area contributed by atoms with Gasteiger partial charge in [-0.1, -0.05) is 11.6 Å². The minimum absolute atomic E-state index is 0.143. The molecule has 21 heavy (non-hydrogen) atoms.